The molecule has 1 fully saturated rings. The fraction of sp³-hybridized carbons (Fsp3) is 0.400. The molecule has 0 spiro atoms. The summed E-state index contributed by atoms with van der Waals surface area (Å²) in [5.74, 6) is 3.60. The Morgan fingerprint density at radius 3 is 1.97 bits per heavy atom. The van der Waals surface area contributed by atoms with Crippen molar-refractivity contribution in [1.82, 2.24) is 0 Å². The molecule has 0 atom stereocenters. The molecule has 3 aromatic carbocycles. The van der Waals surface area contributed by atoms with E-state index in [4.69, 9.17) is 0 Å². The lowest BCUT2D eigenvalue weighted by Crippen LogP contribution is -2.15. The van der Waals surface area contributed by atoms with E-state index in [-0.39, 0.29) is 5.56 Å². The van der Waals surface area contributed by atoms with Crippen molar-refractivity contribution in [3.8, 4) is 11.8 Å². The Morgan fingerprint density at radius 1 is 0.706 bits per heavy atom. The molecule has 0 amide bonds. The second-order valence-electron chi connectivity index (χ2n) is 9.58. The van der Waals surface area contributed by atoms with Crippen molar-refractivity contribution >= 4 is 10.8 Å². The van der Waals surface area contributed by atoms with Gasteiger partial charge in [0.1, 0.15) is 11.6 Å². The van der Waals surface area contributed by atoms with Crippen molar-refractivity contribution in [2.75, 3.05) is 0 Å². The zero-order valence-electron chi connectivity index (χ0n) is 19.6. The van der Waals surface area contributed by atoms with Gasteiger partial charge in [-0.1, -0.05) is 69.8 Å². The second-order valence-corrected chi connectivity index (χ2v) is 9.58. The maximum Gasteiger partial charge on any atom is 0.159 e. The highest BCUT2D eigenvalue weighted by molar-refractivity contribution is 5.84. The molecule has 1 aliphatic carbocycles. The molecule has 0 aromatic heterocycles. The summed E-state index contributed by atoms with van der Waals surface area (Å²) in [5, 5.41) is 1.00. The van der Waals surface area contributed by atoms with Gasteiger partial charge in [0, 0.05) is 5.56 Å². The number of unbranched alkanes of at least 4 members (excludes halogenated alkanes) is 1. The minimum Gasteiger partial charge on any atom is -0.206 e. The first kappa shape index (κ1) is 24.3. The normalized spacial score (nSPS) is 18.0. The zero-order chi connectivity index (χ0) is 24.1. The molecule has 0 unspecified atom stereocenters. The molecule has 34 heavy (non-hydrogen) atoms. The fourth-order valence-corrected chi connectivity index (χ4v) is 5.02. The number of halogens is 4. The highest BCUT2D eigenvalue weighted by atomic mass is 19.2. The Balaban J connectivity index is 1.40. The van der Waals surface area contributed by atoms with Crippen molar-refractivity contribution in [3.63, 3.8) is 0 Å². The molecule has 0 radical (unpaired) electrons. The molecule has 178 valence electrons. The summed E-state index contributed by atoms with van der Waals surface area (Å²) in [6.07, 6.45) is 10.5. The van der Waals surface area contributed by atoms with Gasteiger partial charge in [0.25, 0.3) is 0 Å². The third kappa shape index (κ3) is 6.00. The average Bonchev–Trinajstić information content (AvgIpc) is 2.82. The van der Waals surface area contributed by atoms with Crippen LogP contribution < -0.4 is 0 Å². The first-order chi connectivity index (χ1) is 16.4. The van der Waals surface area contributed by atoms with Crippen LogP contribution in [0.1, 0.15) is 75.0 Å². The smallest absolute Gasteiger partial charge is 0.159 e. The van der Waals surface area contributed by atoms with Crippen LogP contribution in [0.5, 0.6) is 0 Å². The van der Waals surface area contributed by atoms with Crippen LogP contribution in [-0.2, 0) is 6.42 Å². The van der Waals surface area contributed by atoms with E-state index >= 15 is 0 Å². The molecule has 0 heterocycles. The molecule has 3 aromatic rings. The quantitative estimate of drug-likeness (QED) is 0.252. The molecule has 0 aliphatic heterocycles. The molecule has 4 rings (SSSR count). The van der Waals surface area contributed by atoms with Crippen LogP contribution in [0.4, 0.5) is 17.6 Å². The molecule has 4 heteroatoms. The largest absolute Gasteiger partial charge is 0.206 e. The van der Waals surface area contributed by atoms with Gasteiger partial charge in [-0.25, -0.2) is 17.6 Å². The van der Waals surface area contributed by atoms with Crippen molar-refractivity contribution in [3.05, 3.63) is 82.4 Å². The number of hydrogen-bond acceptors (Lipinski definition) is 0. The number of benzene rings is 3. The van der Waals surface area contributed by atoms with Gasteiger partial charge in [0.2, 0.25) is 0 Å². The highest BCUT2D eigenvalue weighted by Gasteiger charge is 2.21. The molecule has 1 saturated carbocycles. The minimum atomic E-state index is -0.949. The number of rotatable bonds is 6. The second kappa shape index (κ2) is 11.1. The first-order valence-corrected chi connectivity index (χ1v) is 12.3. The predicted octanol–water partition coefficient (Wildman–Crippen LogP) is 8.73. The molecule has 1 aliphatic rings. The van der Waals surface area contributed by atoms with Crippen molar-refractivity contribution < 1.29 is 17.6 Å². The topological polar surface area (TPSA) is 0 Å². The number of hydrogen-bond donors (Lipinski definition) is 0. The summed E-state index contributed by atoms with van der Waals surface area (Å²) in [6.45, 7) is 2.23. The SMILES string of the molecule is CCCCC1CCC(CCc2cc(F)c(C#Cc3ccc4cc(F)c(F)cc4c3)c(F)c2)CC1. The molecule has 0 nitrogen and oxygen atoms in total. The van der Waals surface area contributed by atoms with E-state index in [1.54, 1.807) is 18.2 Å². The molecule has 0 N–H and O–H groups in total. The third-order valence-corrected chi connectivity index (χ3v) is 7.09. The molecule has 0 saturated heterocycles. The maximum absolute atomic E-state index is 14.7. The summed E-state index contributed by atoms with van der Waals surface area (Å²) < 4.78 is 56.2. The Labute approximate surface area is 199 Å². The van der Waals surface area contributed by atoms with Crippen LogP contribution in [0.2, 0.25) is 0 Å². The van der Waals surface area contributed by atoms with E-state index in [2.05, 4.69) is 18.8 Å². The average molecular weight is 467 g/mol. The molecular formula is C30H30F4. The summed E-state index contributed by atoms with van der Waals surface area (Å²) >= 11 is 0. The fourth-order valence-electron chi connectivity index (χ4n) is 5.02. The van der Waals surface area contributed by atoms with Gasteiger partial charge < -0.3 is 0 Å². The molecule has 0 bridgehead atoms. The number of aryl methyl sites for hydroxylation is 1. The first-order valence-electron chi connectivity index (χ1n) is 12.3. The van der Waals surface area contributed by atoms with Gasteiger partial charge in [-0.15, -0.1) is 0 Å². The van der Waals surface area contributed by atoms with Crippen LogP contribution in [0.3, 0.4) is 0 Å². The minimum absolute atomic E-state index is 0.273. The van der Waals surface area contributed by atoms with Crippen molar-refractivity contribution in [1.29, 1.82) is 0 Å². The van der Waals surface area contributed by atoms with E-state index in [0.717, 1.165) is 24.5 Å². The van der Waals surface area contributed by atoms with Gasteiger partial charge in [0.05, 0.1) is 5.56 Å². The van der Waals surface area contributed by atoms with Gasteiger partial charge in [0.15, 0.2) is 11.6 Å². The van der Waals surface area contributed by atoms with Crippen molar-refractivity contribution in [2.24, 2.45) is 11.8 Å². The molecular weight excluding hydrogens is 436 g/mol. The van der Waals surface area contributed by atoms with E-state index in [0.29, 0.717) is 34.2 Å². The summed E-state index contributed by atoms with van der Waals surface area (Å²) in [6, 6.07) is 9.77. The Kier molecular flexibility index (Phi) is 7.93. The standard InChI is InChI=1S/C30H30F4/c1-2-3-4-20-5-7-21(8-6-20)9-10-23-16-27(31)26(28(32)17-23)14-12-22-11-13-24-18-29(33)30(34)19-25(24)15-22/h11,13,15-21H,2-10H2,1H3. The Hall–Kier alpha value is -2.80. The zero-order valence-corrected chi connectivity index (χ0v) is 19.6. The lowest BCUT2D eigenvalue weighted by atomic mass is 9.78. The third-order valence-electron chi connectivity index (χ3n) is 7.09. The van der Waals surface area contributed by atoms with E-state index in [1.807, 2.05) is 0 Å². The van der Waals surface area contributed by atoms with Gasteiger partial charge in [-0.3, -0.25) is 0 Å². The Bertz CT molecular complexity index is 1190. The summed E-state index contributed by atoms with van der Waals surface area (Å²) in [5.41, 5.74) is 0.860. The van der Waals surface area contributed by atoms with E-state index in [9.17, 15) is 17.6 Å². The van der Waals surface area contributed by atoms with Crippen LogP contribution in [0, 0.1) is 46.9 Å². The number of fused-ring (bicyclic) bond motifs is 1. The van der Waals surface area contributed by atoms with Crippen LogP contribution >= 0.6 is 0 Å². The maximum atomic E-state index is 14.7. The Morgan fingerprint density at radius 2 is 1.32 bits per heavy atom. The predicted molar refractivity (Wildman–Crippen MR) is 129 cm³/mol. The van der Waals surface area contributed by atoms with Crippen molar-refractivity contribution in [2.45, 2.75) is 64.7 Å². The van der Waals surface area contributed by atoms with Crippen LogP contribution in [0.15, 0.2) is 42.5 Å². The summed E-state index contributed by atoms with van der Waals surface area (Å²) in [4.78, 5) is 0. The van der Waals surface area contributed by atoms with Gasteiger partial charge in [-0.05, 0) is 77.4 Å². The lowest BCUT2D eigenvalue weighted by molar-refractivity contribution is 0.250. The highest BCUT2D eigenvalue weighted by Crippen LogP contribution is 2.34. The van der Waals surface area contributed by atoms with E-state index < -0.39 is 23.3 Å². The summed E-state index contributed by atoms with van der Waals surface area (Å²) in [7, 11) is 0. The van der Waals surface area contributed by atoms with E-state index in [1.165, 1.54) is 57.1 Å². The monoisotopic (exact) mass is 466 g/mol. The van der Waals surface area contributed by atoms with Crippen LogP contribution in [0.25, 0.3) is 10.8 Å². The lowest BCUT2D eigenvalue weighted by Gasteiger charge is -2.28. The van der Waals surface area contributed by atoms with Gasteiger partial charge >= 0.3 is 0 Å². The van der Waals surface area contributed by atoms with Gasteiger partial charge in [-0.2, -0.15) is 0 Å². The van der Waals surface area contributed by atoms with Crippen LogP contribution in [-0.4, -0.2) is 0 Å².